The van der Waals surface area contributed by atoms with E-state index in [0.29, 0.717) is 0 Å². The number of rotatable bonds is 3. The molecule has 1 aliphatic rings. The van der Waals surface area contributed by atoms with Crippen molar-refractivity contribution in [3.63, 3.8) is 0 Å². The molecule has 0 atom stereocenters. The van der Waals surface area contributed by atoms with Crippen LogP contribution in [-0.4, -0.2) is 18.8 Å². The van der Waals surface area contributed by atoms with Crippen molar-refractivity contribution in [3.05, 3.63) is 0 Å². The van der Waals surface area contributed by atoms with Gasteiger partial charge in [0.1, 0.15) is 0 Å². The van der Waals surface area contributed by atoms with Crippen LogP contribution in [0.2, 0.25) is 0 Å². The highest BCUT2D eigenvalue weighted by molar-refractivity contribution is 4.69. The minimum absolute atomic E-state index is 0.270. The Hall–Kier alpha value is -0.220. The van der Waals surface area contributed by atoms with Crippen molar-refractivity contribution < 1.29 is 13.5 Å². The van der Waals surface area contributed by atoms with E-state index in [4.69, 9.17) is 5.73 Å². The third-order valence-corrected chi connectivity index (χ3v) is 1.88. The zero-order valence-electron chi connectivity index (χ0n) is 6.35. The van der Waals surface area contributed by atoms with Crippen molar-refractivity contribution in [3.8, 4) is 0 Å². The maximum Gasteiger partial charge on any atom is 0.368 e. The summed E-state index contributed by atoms with van der Waals surface area (Å²) in [7, 11) is 0. The molecule has 1 saturated carbocycles. The van der Waals surface area contributed by atoms with Gasteiger partial charge in [-0.15, -0.1) is 0 Å². The molecule has 2 N–H and O–H groups in total. The second-order valence-electron chi connectivity index (χ2n) is 2.87. The van der Waals surface area contributed by atoms with Crippen LogP contribution in [0.1, 0.15) is 25.7 Å². The van der Waals surface area contributed by atoms with Crippen molar-refractivity contribution in [1.29, 1.82) is 0 Å². The Morgan fingerprint density at radius 1 is 1.36 bits per heavy atom. The van der Waals surface area contributed by atoms with Crippen molar-refractivity contribution in [2.24, 2.45) is 5.73 Å². The molecule has 1 rings (SSSR count). The lowest BCUT2D eigenvalue weighted by molar-refractivity contribution is -0.253. The van der Waals surface area contributed by atoms with Crippen LogP contribution in [0.5, 0.6) is 0 Å². The number of ether oxygens (including phenoxy) is 1. The van der Waals surface area contributed by atoms with Crippen LogP contribution in [0.25, 0.3) is 0 Å². The molecule has 0 amide bonds. The van der Waals surface area contributed by atoms with E-state index in [9.17, 15) is 8.78 Å². The second kappa shape index (κ2) is 3.45. The van der Waals surface area contributed by atoms with Gasteiger partial charge in [0.05, 0.1) is 12.6 Å². The lowest BCUT2D eigenvalue weighted by Crippen LogP contribution is -2.34. The summed E-state index contributed by atoms with van der Waals surface area (Å²) < 4.78 is 29.4. The molecule has 0 bridgehead atoms. The zero-order chi connectivity index (χ0) is 8.32. The van der Waals surface area contributed by atoms with Crippen LogP contribution in [0, 0.1) is 0 Å². The van der Waals surface area contributed by atoms with Crippen LogP contribution in [0.4, 0.5) is 8.78 Å². The van der Waals surface area contributed by atoms with Gasteiger partial charge in [-0.05, 0) is 12.8 Å². The summed E-state index contributed by atoms with van der Waals surface area (Å²) >= 11 is 0. The minimum atomic E-state index is -3.12. The van der Waals surface area contributed by atoms with Gasteiger partial charge in [0.2, 0.25) is 0 Å². The predicted octanol–water partition coefficient (Wildman–Crippen LogP) is 1.50. The zero-order valence-corrected chi connectivity index (χ0v) is 6.35. The first-order valence-corrected chi connectivity index (χ1v) is 3.90. The summed E-state index contributed by atoms with van der Waals surface area (Å²) in [6, 6.07) is 0. The smallest absolute Gasteiger partial charge is 0.323 e. The number of hydrogen-bond donors (Lipinski definition) is 1. The van der Waals surface area contributed by atoms with E-state index in [1.165, 1.54) is 0 Å². The van der Waals surface area contributed by atoms with Crippen LogP contribution < -0.4 is 5.73 Å². The van der Waals surface area contributed by atoms with E-state index in [2.05, 4.69) is 4.74 Å². The topological polar surface area (TPSA) is 35.2 Å². The van der Waals surface area contributed by atoms with Crippen LogP contribution in [0.15, 0.2) is 0 Å². The molecule has 1 aliphatic carbocycles. The third kappa shape index (κ3) is 2.71. The Morgan fingerprint density at radius 3 is 2.36 bits per heavy atom. The maximum atomic E-state index is 12.5. The summed E-state index contributed by atoms with van der Waals surface area (Å²) in [5.74, 6) is 0. The fourth-order valence-corrected chi connectivity index (χ4v) is 1.30. The quantitative estimate of drug-likeness (QED) is 0.687. The molecule has 0 radical (unpaired) electrons. The first-order valence-electron chi connectivity index (χ1n) is 3.90. The summed E-state index contributed by atoms with van der Waals surface area (Å²) in [5, 5.41) is 0. The fourth-order valence-electron chi connectivity index (χ4n) is 1.30. The van der Waals surface area contributed by atoms with E-state index >= 15 is 0 Å². The van der Waals surface area contributed by atoms with Crippen molar-refractivity contribution in [2.75, 3.05) is 6.54 Å². The van der Waals surface area contributed by atoms with Crippen LogP contribution in [-0.2, 0) is 4.74 Å². The van der Waals surface area contributed by atoms with E-state index in [1.54, 1.807) is 0 Å². The van der Waals surface area contributed by atoms with Gasteiger partial charge in [-0.1, -0.05) is 12.8 Å². The van der Waals surface area contributed by atoms with Gasteiger partial charge in [0.25, 0.3) is 0 Å². The molecule has 0 saturated heterocycles. The van der Waals surface area contributed by atoms with Gasteiger partial charge >= 0.3 is 6.11 Å². The number of hydrogen-bond acceptors (Lipinski definition) is 2. The summed E-state index contributed by atoms with van der Waals surface area (Å²) in [5.41, 5.74) is 4.81. The Balaban J connectivity index is 2.28. The summed E-state index contributed by atoms with van der Waals surface area (Å²) in [4.78, 5) is 0. The SMILES string of the molecule is NCC(F)(F)OC1CCCC1. The lowest BCUT2D eigenvalue weighted by atomic mass is 10.3. The van der Waals surface area contributed by atoms with Gasteiger partial charge in [-0.25, -0.2) is 0 Å². The highest BCUT2D eigenvalue weighted by atomic mass is 19.3. The molecule has 0 aromatic heterocycles. The average Bonchev–Trinajstić information content (AvgIpc) is 2.39. The first-order chi connectivity index (χ1) is 5.14. The molecular formula is C7H13F2NO. The van der Waals surface area contributed by atoms with Crippen molar-refractivity contribution >= 4 is 0 Å². The molecule has 0 spiro atoms. The van der Waals surface area contributed by atoms with E-state index in [1.807, 2.05) is 0 Å². The average molecular weight is 165 g/mol. The van der Waals surface area contributed by atoms with Gasteiger partial charge in [0, 0.05) is 0 Å². The van der Waals surface area contributed by atoms with Crippen molar-refractivity contribution in [2.45, 2.75) is 37.9 Å². The molecule has 66 valence electrons. The van der Waals surface area contributed by atoms with Crippen LogP contribution >= 0.6 is 0 Å². The Labute approximate surface area is 64.7 Å². The molecule has 0 heterocycles. The second-order valence-corrected chi connectivity index (χ2v) is 2.87. The third-order valence-electron chi connectivity index (χ3n) is 1.88. The molecule has 4 heteroatoms. The molecule has 1 fully saturated rings. The molecule has 0 unspecified atom stereocenters. The lowest BCUT2D eigenvalue weighted by Gasteiger charge is -2.19. The molecule has 0 aromatic carbocycles. The first kappa shape index (κ1) is 8.87. The van der Waals surface area contributed by atoms with Crippen molar-refractivity contribution in [1.82, 2.24) is 0 Å². The van der Waals surface area contributed by atoms with E-state index < -0.39 is 12.7 Å². The normalized spacial score (nSPS) is 21.0. The predicted molar refractivity (Wildman–Crippen MR) is 37.3 cm³/mol. The fraction of sp³-hybridized carbons (Fsp3) is 1.00. The Bertz CT molecular complexity index is 124. The standard InChI is InChI=1S/C7H13F2NO/c8-7(9,5-10)11-6-3-1-2-4-6/h6H,1-5,10H2. The largest absolute Gasteiger partial charge is 0.368 e. The van der Waals surface area contributed by atoms with Gasteiger partial charge in [-0.3, -0.25) is 0 Å². The molecular weight excluding hydrogens is 152 g/mol. The molecule has 0 aromatic rings. The molecule has 0 aliphatic heterocycles. The number of nitrogens with two attached hydrogens (primary N) is 1. The van der Waals surface area contributed by atoms with Crippen LogP contribution in [0.3, 0.4) is 0 Å². The van der Waals surface area contributed by atoms with E-state index in [-0.39, 0.29) is 6.10 Å². The highest BCUT2D eigenvalue weighted by Gasteiger charge is 2.32. The summed E-state index contributed by atoms with van der Waals surface area (Å²) in [6.45, 7) is -0.719. The highest BCUT2D eigenvalue weighted by Crippen LogP contribution is 2.26. The number of halogens is 2. The Kier molecular flexibility index (Phi) is 2.78. The van der Waals surface area contributed by atoms with Gasteiger partial charge < -0.3 is 10.5 Å². The molecule has 2 nitrogen and oxygen atoms in total. The minimum Gasteiger partial charge on any atom is -0.323 e. The van der Waals surface area contributed by atoms with Gasteiger partial charge in [-0.2, -0.15) is 8.78 Å². The van der Waals surface area contributed by atoms with E-state index in [0.717, 1.165) is 25.7 Å². The Morgan fingerprint density at radius 2 is 1.91 bits per heavy atom. The summed E-state index contributed by atoms with van der Waals surface area (Å²) in [6.07, 6.45) is 0.0881. The molecule has 11 heavy (non-hydrogen) atoms. The number of alkyl halides is 2. The maximum absolute atomic E-state index is 12.5. The monoisotopic (exact) mass is 165 g/mol. The van der Waals surface area contributed by atoms with Gasteiger partial charge in [0.15, 0.2) is 0 Å².